The lowest BCUT2D eigenvalue weighted by atomic mass is 10.1. The van der Waals surface area contributed by atoms with Crippen molar-refractivity contribution in [3.8, 4) is 5.75 Å². The summed E-state index contributed by atoms with van der Waals surface area (Å²) in [6.45, 7) is 1.70. The summed E-state index contributed by atoms with van der Waals surface area (Å²) in [6.07, 6.45) is 0.975. The summed E-state index contributed by atoms with van der Waals surface area (Å²) in [5, 5.41) is 9.21. The highest BCUT2D eigenvalue weighted by atomic mass is 79.9. The summed E-state index contributed by atoms with van der Waals surface area (Å²) in [5.74, 6) is 0.920. The Kier molecular flexibility index (Phi) is 3.94. The minimum atomic E-state index is 0.0541. The summed E-state index contributed by atoms with van der Waals surface area (Å²) >= 11 is 3.61. The van der Waals surface area contributed by atoms with Gasteiger partial charge in [-0.2, -0.15) is 0 Å². The molecule has 2 aromatic rings. The van der Waals surface area contributed by atoms with Gasteiger partial charge in [-0.25, -0.2) is 0 Å². The van der Waals surface area contributed by atoms with Crippen LogP contribution in [0.2, 0.25) is 0 Å². The number of hydrogen-bond acceptors (Lipinski definition) is 3. The molecular formula is C16H16BrNO2. The average molecular weight is 334 g/mol. The molecule has 0 saturated carbocycles. The molecule has 0 amide bonds. The van der Waals surface area contributed by atoms with Crippen molar-refractivity contribution in [3.63, 3.8) is 0 Å². The molecule has 1 aliphatic heterocycles. The largest absolute Gasteiger partial charge is 0.491 e. The molecule has 0 atom stereocenters. The number of fused-ring (bicyclic) bond motifs is 1. The molecular weight excluding hydrogens is 318 g/mol. The molecule has 0 aliphatic carbocycles. The molecule has 0 unspecified atom stereocenters. The van der Waals surface area contributed by atoms with Crippen LogP contribution in [0.4, 0.5) is 11.4 Å². The first-order valence-electron chi connectivity index (χ1n) is 6.68. The van der Waals surface area contributed by atoms with Crippen molar-refractivity contribution < 1.29 is 9.84 Å². The molecule has 0 fully saturated rings. The van der Waals surface area contributed by atoms with E-state index in [1.807, 2.05) is 36.4 Å². The minimum Gasteiger partial charge on any atom is -0.491 e. The molecule has 0 saturated heterocycles. The maximum absolute atomic E-state index is 9.21. The van der Waals surface area contributed by atoms with Crippen LogP contribution in [0.5, 0.6) is 5.75 Å². The molecule has 3 nitrogen and oxygen atoms in total. The minimum absolute atomic E-state index is 0.0541. The highest BCUT2D eigenvalue weighted by Crippen LogP contribution is 2.39. The van der Waals surface area contributed by atoms with Crippen molar-refractivity contribution in [1.29, 1.82) is 0 Å². The number of benzene rings is 2. The Balaban J connectivity index is 2.05. The van der Waals surface area contributed by atoms with E-state index in [1.165, 1.54) is 0 Å². The Bertz CT molecular complexity index is 615. The zero-order valence-electron chi connectivity index (χ0n) is 11.1. The molecule has 0 spiro atoms. The van der Waals surface area contributed by atoms with Gasteiger partial charge < -0.3 is 14.7 Å². The fourth-order valence-electron chi connectivity index (χ4n) is 2.45. The predicted molar refractivity (Wildman–Crippen MR) is 83.6 cm³/mol. The van der Waals surface area contributed by atoms with Gasteiger partial charge in [-0.1, -0.05) is 18.2 Å². The van der Waals surface area contributed by atoms with Crippen LogP contribution >= 0.6 is 15.9 Å². The lowest BCUT2D eigenvalue weighted by Gasteiger charge is -2.25. The van der Waals surface area contributed by atoms with Gasteiger partial charge in [0.25, 0.3) is 0 Å². The maximum Gasteiger partial charge on any atom is 0.142 e. The number of halogens is 1. The summed E-state index contributed by atoms with van der Waals surface area (Å²) in [7, 11) is 0. The highest BCUT2D eigenvalue weighted by molar-refractivity contribution is 9.10. The molecule has 1 aliphatic rings. The van der Waals surface area contributed by atoms with E-state index in [4.69, 9.17) is 4.74 Å². The first-order valence-corrected chi connectivity index (χ1v) is 7.47. The third kappa shape index (κ3) is 2.53. The van der Waals surface area contributed by atoms with Gasteiger partial charge in [0, 0.05) is 11.0 Å². The van der Waals surface area contributed by atoms with Crippen LogP contribution < -0.4 is 9.64 Å². The number of aliphatic hydroxyl groups is 1. The van der Waals surface area contributed by atoms with E-state index in [9.17, 15) is 5.11 Å². The lowest BCUT2D eigenvalue weighted by Crippen LogP contribution is -2.18. The van der Waals surface area contributed by atoms with E-state index < -0.39 is 0 Å². The second-order valence-corrected chi connectivity index (χ2v) is 5.62. The first-order chi connectivity index (χ1) is 9.79. The third-order valence-electron chi connectivity index (χ3n) is 3.43. The summed E-state index contributed by atoms with van der Waals surface area (Å²) < 4.78 is 6.77. The lowest BCUT2D eigenvalue weighted by molar-refractivity contribution is 0.282. The van der Waals surface area contributed by atoms with Crippen LogP contribution in [-0.2, 0) is 6.61 Å². The SMILES string of the molecule is OCc1ccc(N2CCCOc3ccccc32)c(Br)c1. The van der Waals surface area contributed by atoms with Crippen LogP contribution in [-0.4, -0.2) is 18.3 Å². The average Bonchev–Trinajstić information content (AvgIpc) is 2.69. The number of ether oxygens (including phenoxy) is 1. The van der Waals surface area contributed by atoms with Crippen LogP contribution in [0, 0.1) is 0 Å². The van der Waals surface area contributed by atoms with E-state index in [1.54, 1.807) is 0 Å². The zero-order valence-corrected chi connectivity index (χ0v) is 12.6. The molecule has 2 aromatic carbocycles. The fraction of sp³-hybridized carbons (Fsp3) is 0.250. The van der Waals surface area contributed by atoms with Gasteiger partial charge in [0.2, 0.25) is 0 Å². The van der Waals surface area contributed by atoms with Gasteiger partial charge in [0.05, 0.1) is 24.6 Å². The second-order valence-electron chi connectivity index (χ2n) is 4.77. The Morgan fingerprint density at radius 1 is 1.15 bits per heavy atom. The van der Waals surface area contributed by atoms with Gasteiger partial charge in [-0.15, -0.1) is 0 Å². The Morgan fingerprint density at radius 3 is 2.80 bits per heavy atom. The summed E-state index contributed by atoms with van der Waals surface area (Å²) in [4.78, 5) is 2.26. The predicted octanol–water partition coefficient (Wildman–Crippen LogP) is 3.86. The molecule has 1 N–H and O–H groups in total. The Hall–Kier alpha value is -1.52. The second kappa shape index (κ2) is 5.85. The molecule has 0 aromatic heterocycles. The van der Waals surface area contributed by atoms with E-state index in [0.29, 0.717) is 0 Å². The zero-order chi connectivity index (χ0) is 13.9. The van der Waals surface area contributed by atoms with Crippen LogP contribution in [0.3, 0.4) is 0 Å². The molecule has 104 valence electrons. The molecule has 1 heterocycles. The van der Waals surface area contributed by atoms with Crippen molar-refractivity contribution in [3.05, 3.63) is 52.5 Å². The number of hydrogen-bond donors (Lipinski definition) is 1. The quantitative estimate of drug-likeness (QED) is 0.905. The number of para-hydroxylation sites is 2. The molecule has 0 radical (unpaired) electrons. The number of nitrogens with zero attached hydrogens (tertiary/aromatic N) is 1. The van der Waals surface area contributed by atoms with Gasteiger partial charge >= 0.3 is 0 Å². The van der Waals surface area contributed by atoms with Gasteiger partial charge in [0.1, 0.15) is 5.75 Å². The number of aliphatic hydroxyl groups excluding tert-OH is 1. The summed E-state index contributed by atoms with van der Waals surface area (Å²) in [5.41, 5.74) is 3.09. The van der Waals surface area contributed by atoms with E-state index in [2.05, 4.69) is 26.9 Å². The Labute approximate surface area is 126 Å². The van der Waals surface area contributed by atoms with E-state index in [-0.39, 0.29) is 6.61 Å². The van der Waals surface area contributed by atoms with Crippen molar-refractivity contribution in [1.82, 2.24) is 0 Å². The topological polar surface area (TPSA) is 32.7 Å². The van der Waals surface area contributed by atoms with Crippen LogP contribution in [0.25, 0.3) is 0 Å². The fourth-order valence-corrected chi connectivity index (χ4v) is 3.09. The summed E-state index contributed by atoms with van der Waals surface area (Å²) in [6, 6.07) is 14.1. The molecule has 4 heteroatoms. The number of rotatable bonds is 2. The smallest absolute Gasteiger partial charge is 0.142 e. The number of anilines is 2. The molecule has 20 heavy (non-hydrogen) atoms. The van der Waals surface area contributed by atoms with E-state index in [0.717, 1.165) is 46.7 Å². The van der Waals surface area contributed by atoms with Crippen molar-refractivity contribution in [2.45, 2.75) is 13.0 Å². The van der Waals surface area contributed by atoms with Crippen molar-refractivity contribution >= 4 is 27.3 Å². The standard InChI is InChI=1S/C16H16BrNO2/c17-13-10-12(11-19)6-7-14(13)18-8-3-9-20-16-5-2-1-4-15(16)18/h1-2,4-7,10,19H,3,8-9,11H2. The highest BCUT2D eigenvalue weighted by Gasteiger charge is 2.19. The van der Waals surface area contributed by atoms with Crippen LogP contribution in [0.1, 0.15) is 12.0 Å². The first kappa shape index (κ1) is 13.5. The molecule has 0 bridgehead atoms. The van der Waals surface area contributed by atoms with Crippen molar-refractivity contribution in [2.75, 3.05) is 18.1 Å². The monoisotopic (exact) mass is 333 g/mol. The third-order valence-corrected chi connectivity index (χ3v) is 4.06. The molecule has 3 rings (SSSR count). The van der Waals surface area contributed by atoms with Gasteiger partial charge in [-0.3, -0.25) is 0 Å². The van der Waals surface area contributed by atoms with Crippen molar-refractivity contribution in [2.24, 2.45) is 0 Å². The van der Waals surface area contributed by atoms with Crippen LogP contribution in [0.15, 0.2) is 46.9 Å². The van der Waals surface area contributed by atoms with E-state index >= 15 is 0 Å². The van der Waals surface area contributed by atoms with Gasteiger partial charge in [0.15, 0.2) is 0 Å². The van der Waals surface area contributed by atoms with Gasteiger partial charge in [-0.05, 0) is 52.2 Å². The Morgan fingerprint density at radius 2 is 2.00 bits per heavy atom. The maximum atomic E-state index is 9.21. The normalized spacial score (nSPS) is 14.4.